The maximum Gasteiger partial charge on any atom is 0.295 e. The van der Waals surface area contributed by atoms with Gasteiger partial charge in [0.2, 0.25) is 0 Å². The van der Waals surface area contributed by atoms with E-state index < -0.39 is 17.7 Å². The van der Waals surface area contributed by atoms with E-state index in [9.17, 15) is 19.8 Å². The number of hydrogen-bond acceptors (Lipinski definition) is 5. The third-order valence-electron chi connectivity index (χ3n) is 6.73. The van der Waals surface area contributed by atoms with Gasteiger partial charge in [-0.05, 0) is 65.9 Å². The summed E-state index contributed by atoms with van der Waals surface area (Å²) in [6, 6.07) is 20.3. The van der Waals surface area contributed by atoms with Crippen molar-refractivity contribution in [2.45, 2.75) is 26.3 Å². The van der Waals surface area contributed by atoms with E-state index in [0.29, 0.717) is 35.8 Å². The van der Waals surface area contributed by atoms with Gasteiger partial charge in [-0.2, -0.15) is 0 Å². The Morgan fingerprint density at radius 2 is 1.79 bits per heavy atom. The fraction of sp³-hybridized carbons (Fsp3) is 0.226. The molecule has 0 aliphatic carbocycles. The van der Waals surface area contributed by atoms with E-state index in [1.807, 2.05) is 30.5 Å². The minimum absolute atomic E-state index is 0.00428. The third-order valence-corrected chi connectivity index (χ3v) is 6.73. The molecule has 1 amide bonds. The Morgan fingerprint density at radius 1 is 1.03 bits per heavy atom. The average Bonchev–Trinajstić information content (AvgIpc) is 3.44. The van der Waals surface area contributed by atoms with E-state index in [2.05, 4.69) is 18.8 Å². The van der Waals surface area contributed by atoms with Crippen LogP contribution in [0.4, 0.5) is 0 Å². The molecule has 1 aliphatic heterocycles. The number of aliphatic hydroxyl groups is 1. The Hall–Kier alpha value is -4.52. The standard InChI is InChI=1S/C31H30N2O5/c1-19(2)18-38-24-12-10-20(11-13-24)29(35)27-28(21-6-5-7-23(34)16-21)33(31(37)30(27)36)15-14-22-17-32-26-9-4-3-8-25(22)26/h3-13,16-17,19,28,32,34-35H,14-15,18H2,1-2H3/b29-27+. The molecule has 0 spiro atoms. The molecule has 1 atom stereocenters. The van der Waals surface area contributed by atoms with Crippen LogP contribution in [0.2, 0.25) is 0 Å². The summed E-state index contributed by atoms with van der Waals surface area (Å²) in [6.07, 6.45) is 2.42. The first-order valence-electron chi connectivity index (χ1n) is 12.7. The van der Waals surface area contributed by atoms with E-state index >= 15 is 0 Å². The van der Waals surface area contributed by atoms with Crippen molar-refractivity contribution in [2.24, 2.45) is 5.92 Å². The Balaban J connectivity index is 1.51. The molecule has 4 aromatic rings. The van der Waals surface area contributed by atoms with Crippen LogP contribution in [-0.4, -0.2) is 44.9 Å². The zero-order valence-corrected chi connectivity index (χ0v) is 21.3. The maximum absolute atomic E-state index is 13.3. The molecule has 1 unspecified atom stereocenters. The SMILES string of the molecule is CC(C)COc1ccc(/C(O)=C2\C(=O)C(=O)N(CCc3c[nH]c4ccccc34)C2c2cccc(O)c2)cc1. The molecule has 0 radical (unpaired) electrons. The van der Waals surface area contributed by atoms with Crippen LogP contribution < -0.4 is 4.74 Å². The lowest BCUT2D eigenvalue weighted by Crippen LogP contribution is -2.31. The molecule has 2 heterocycles. The monoisotopic (exact) mass is 510 g/mol. The summed E-state index contributed by atoms with van der Waals surface area (Å²) in [5.74, 6) is -0.672. The van der Waals surface area contributed by atoms with Crippen molar-refractivity contribution in [3.8, 4) is 11.5 Å². The summed E-state index contributed by atoms with van der Waals surface area (Å²) in [4.78, 5) is 31.3. The van der Waals surface area contributed by atoms with E-state index in [4.69, 9.17) is 4.74 Å². The number of carbonyl (C=O) groups excluding carboxylic acids is 2. The first-order chi connectivity index (χ1) is 18.3. The predicted molar refractivity (Wildman–Crippen MR) is 146 cm³/mol. The molecule has 194 valence electrons. The van der Waals surface area contributed by atoms with Crippen molar-refractivity contribution in [3.63, 3.8) is 0 Å². The lowest BCUT2D eigenvalue weighted by Gasteiger charge is -2.25. The van der Waals surface area contributed by atoms with Gasteiger partial charge in [-0.15, -0.1) is 0 Å². The summed E-state index contributed by atoms with van der Waals surface area (Å²) in [7, 11) is 0. The number of rotatable bonds is 8. The van der Waals surface area contributed by atoms with Gasteiger partial charge in [-0.1, -0.05) is 44.2 Å². The minimum atomic E-state index is -0.843. The molecule has 7 nitrogen and oxygen atoms in total. The van der Waals surface area contributed by atoms with Gasteiger partial charge in [0, 0.05) is 29.2 Å². The number of aliphatic hydroxyl groups excluding tert-OH is 1. The zero-order valence-electron chi connectivity index (χ0n) is 21.3. The van der Waals surface area contributed by atoms with E-state index in [-0.39, 0.29) is 23.6 Å². The summed E-state index contributed by atoms with van der Waals surface area (Å²) in [5, 5.41) is 22.5. The second-order valence-corrected chi connectivity index (χ2v) is 9.93. The molecule has 1 aliphatic rings. The number of ketones is 1. The minimum Gasteiger partial charge on any atom is -0.508 e. The van der Waals surface area contributed by atoms with Crippen LogP contribution >= 0.6 is 0 Å². The van der Waals surface area contributed by atoms with Gasteiger partial charge in [0.15, 0.2) is 0 Å². The Bertz CT molecular complexity index is 1520. The summed E-state index contributed by atoms with van der Waals surface area (Å²) >= 11 is 0. The van der Waals surface area contributed by atoms with Crippen LogP contribution in [0.3, 0.4) is 0 Å². The number of phenols is 1. The van der Waals surface area contributed by atoms with Crippen LogP contribution in [0, 0.1) is 5.92 Å². The van der Waals surface area contributed by atoms with Gasteiger partial charge in [0.25, 0.3) is 11.7 Å². The van der Waals surface area contributed by atoms with Crippen molar-refractivity contribution in [1.82, 2.24) is 9.88 Å². The van der Waals surface area contributed by atoms with Gasteiger partial charge in [0.1, 0.15) is 17.3 Å². The Morgan fingerprint density at radius 3 is 2.53 bits per heavy atom. The van der Waals surface area contributed by atoms with Crippen LogP contribution in [-0.2, 0) is 16.0 Å². The topological polar surface area (TPSA) is 103 Å². The number of ether oxygens (including phenoxy) is 1. The van der Waals surface area contributed by atoms with Crippen LogP contribution in [0.5, 0.6) is 11.5 Å². The number of hydrogen-bond donors (Lipinski definition) is 3. The van der Waals surface area contributed by atoms with E-state index in [1.165, 1.54) is 17.0 Å². The van der Waals surface area contributed by atoms with Crippen LogP contribution in [0.15, 0.2) is 84.6 Å². The van der Waals surface area contributed by atoms with Gasteiger partial charge < -0.3 is 24.8 Å². The molecule has 7 heteroatoms. The molecular formula is C31H30N2O5. The number of aromatic nitrogens is 1. The van der Waals surface area contributed by atoms with Crippen LogP contribution in [0.25, 0.3) is 16.7 Å². The molecule has 1 saturated heterocycles. The smallest absolute Gasteiger partial charge is 0.295 e. The number of para-hydroxylation sites is 1. The molecule has 1 fully saturated rings. The lowest BCUT2D eigenvalue weighted by atomic mass is 9.95. The first-order valence-corrected chi connectivity index (χ1v) is 12.7. The highest BCUT2D eigenvalue weighted by Gasteiger charge is 2.46. The Labute approximate surface area is 221 Å². The molecule has 38 heavy (non-hydrogen) atoms. The lowest BCUT2D eigenvalue weighted by molar-refractivity contribution is -0.139. The number of amides is 1. The van der Waals surface area contributed by atoms with Gasteiger partial charge in [-0.3, -0.25) is 9.59 Å². The van der Waals surface area contributed by atoms with Gasteiger partial charge in [0.05, 0.1) is 18.2 Å². The predicted octanol–water partition coefficient (Wildman–Crippen LogP) is 5.57. The molecule has 5 rings (SSSR count). The van der Waals surface area contributed by atoms with E-state index in [0.717, 1.165) is 16.5 Å². The van der Waals surface area contributed by atoms with Crippen molar-refractivity contribution < 1.29 is 24.5 Å². The maximum atomic E-state index is 13.3. The summed E-state index contributed by atoms with van der Waals surface area (Å²) < 4.78 is 5.73. The molecule has 1 aromatic heterocycles. The number of H-pyrrole nitrogens is 1. The average molecular weight is 511 g/mol. The van der Waals surface area contributed by atoms with Crippen molar-refractivity contribution in [1.29, 1.82) is 0 Å². The Kier molecular flexibility index (Phi) is 6.92. The second kappa shape index (κ2) is 10.5. The molecule has 0 bridgehead atoms. The first kappa shape index (κ1) is 25.1. The highest BCUT2D eigenvalue weighted by molar-refractivity contribution is 6.46. The summed E-state index contributed by atoms with van der Waals surface area (Å²) in [5.41, 5.74) is 2.96. The number of aromatic amines is 1. The normalized spacial score (nSPS) is 17.0. The number of Topliss-reactive ketones (excluding diaryl/α,β-unsaturated/α-hetero) is 1. The quantitative estimate of drug-likeness (QED) is 0.163. The highest BCUT2D eigenvalue weighted by atomic mass is 16.5. The number of aromatic hydroxyl groups is 1. The number of phenolic OH excluding ortho intramolecular Hbond substituents is 1. The number of fused-ring (bicyclic) bond motifs is 1. The van der Waals surface area contributed by atoms with Crippen molar-refractivity contribution in [2.75, 3.05) is 13.2 Å². The third kappa shape index (κ3) is 4.87. The fourth-order valence-corrected chi connectivity index (χ4v) is 4.86. The van der Waals surface area contributed by atoms with E-state index in [1.54, 1.807) is 36.4 Å². The fourth-order valence-electron chi connectivity index (χ4n) is 4.86. The van der Waals surface area contributed by atoms with Crippen molar-refractivity contribution >= 4 is 28.4 Å². The largest absolute Gasteiger partial charge is 0.508 e. The van der Waals surface area contributed by atoms with Gasteiger partial charge >= 0.3 is 0 Å². The number of nitrogens with one attached hydrogen (secondary N) is 1. The van der Waals surface area contributed by atoms with Crippen molar-refractivity contribution in [3.05, 3.63) is 101 Å². The summed E-state index contributed by atoms with van der Waals surface area (Å²) in [6.45, 7) is 4.92. The number of likely N-dealkylation sites (tertiary alicyclic amines) is 1. The van der Waals surface area contributed by atoms with Crippen LogP contribution in [0.1, 0.15) is 36.6 Å². The zero-order chi connectivity index (χ0) is 26.8. The number of benzene rings is 3. The number of carbonyl (C=O) groups is 2. The van der Waals surface area contributed by atoms with Gasteiger partial charge in [-0.25, -0.2) is 0 Å². The molecule has 0 saturated carbocycles. The molecule has 3 N–H and O–H groups in total. The highest BCUT2D eigenvalue weighted by Crippen LogP contribution is 2.40. The molecular weight excluding hydrogens is 480 g/mol. The second-order valence-electron chi connectivity index (χ2n) is 9.93. The molecule has 3 aromatic carbocycles. The number of nitrogens with zero attached hydrogens (tertiary/aromatic N) is 1.